The molecule has 9 heteroatoms. The molecule has 1 saturated carbocycles. The van der Waals surface area contributed by atoms with Crippen LogP contribution in [0.2, 0.25) is 0 Å². The lowest BCUT2D eigenvalue weighted by Gasteiger charge is -2.31. The van der Waals surface area contributed by atoms with E-state index in [9.17, 15) is 23.1 Å². The largest absolute Gasteiger partial charge is 0.480 e. The summed E-state index contributed by atoms with van der Waals surface area (Å²) < 4.78 is 45.1. The van der Waals surface area contributed by atoms with Gasteiger partial charge in [0.1, 0.15) is 6.04 Å². The Morgan fingerprint density at radius 3 is 2.63 bits per heavy atom. The Balaban J connectivity index is 1.57. The second-order valence-corrected chi connectivity index (χ2v) is 7.14. The van der Waals surface area contributed by atoms with Gasteiger partial charge in [0.2, 0.25) is 11.7 Å². The molecule has 144 valence electrons. The predicted molar refractivity (Wildman–Crippen MR) is 86.9 cm³/mol. The maximum Gasteiger partial charge on any atom is 0.320 e. The van der Waals surface area contributed by atoms with E-state index in [-0.39, 0.29) is 29.9 Å². The minimum atomic E-state index is -1.56. The summed E-state index contributed by atoms with van der Waals surface area (Å²) in [4.78, 5) is 17.6. The van der Waals surface area contributed by atoms with Gasteiger partial charge in [-0.3, -0.25) is 9.69 Å². The maximum atomic E-state index is 13.4. The molecule has 4 rings (SSSR count). The van der Waals surface area contributed by atoms with Crippen LogP contribution in [0, 0.1) is 23.4 Å². The van der Waals surface area contributed by atoms with Crippen molar-refractivity contribution in [3.05, 3.63) is 35.5 Å². The van der Waals surface area contributed by atoms with Gasteiger partial charge >= 0.3 is 5.97 Å². The summed E-state index contributed by atoms with van der Waals surface area (Å²) in [6, 6.07) is 1.12. The fourth-order valence-electron chi connectivity index (χ4n) is 4.30. The van der Waals surface area contributed by atoms with E-state index >= 15 is 0 Å². The molecule has 1 N–H and O–H groups in total. The van der Waals surface area contributed by atoms with Crippen molar-refractivity contribution in [2.24, 2.45) is 5.92 Å². The second kappa shape index (κ2) is 6.95. The molecule has 1 aromatic heterocycles. The average molecular weight is 381 g/mol. The van der Waals surface area contributed by atoms with E-state index in [0.29, 0.717) is 12.3 Å². The zero-order chi connectivity index (χ0) is 19.1. The van der Waals surface area contributed by atoms with Crippen molar-refractivity contribution in [2.45, 2.75) is 50.7 Å². The van der Waals surface area contributed by atoms with Crippen molar-refractivity contribution >= 4 is 5.97 Å². The van der Waals surface area contributed by atoms with Gasteiger partial charge < -0.3 is 9.63 Å². The Hall–Kier alpha value is -2.42. The average Bonchev–Trinajstić information content (AvgIpc) is 3.25. The summed E-state index contributed by atoms with van der Waals surface area (Å²) in [5.74, 6) is -4.71. The minimum Gasteiger partial charge on any atom is -0.480 e. The van der Waals surface area contributed by atoms with Crippen molar-refractivity contribution in [1.29, 1.82) is 0 Å². The van der Waals surface area contributed by atoms with E-state index < -0.39 is 29.5 Å². The molecule has 27 heavy (non-hydrogen) atoms. The molecule has 2 heterocycles. The third-order valence-electron chi connectivity index (χ3n) is 5.53. The Morgan fingerprint density at radius 1 is 1.22 bits per heavy atom. The number of rotatable bonds is 4. The van der Waals surface area contributed by atoms with Crippen molar-refractivity contribution in [3.63, 3.8) is 0 Å². The number of nitrogens with zero attached hydrogens (tertiary/aromatic N) is 3. The predicted octanol–water partition coefficient (Wildman–Crippen LogP) is 3.37. The molecule has 1 aromatic carbocycles. The lowest BCUT2D eigenvalue weighted by atomic mass is 9.85. The number of carbonyl (C=O) groups is 1. The Bertz CT molecular complexity index is 850. The molecule has 3 unspecified atom stereocenters. The summed E-state index contributed by atoms with van der Waals surface area (Å²) in [6.45, 7) is 0.150. The van der Waals surface area contributed by atoms with Crippen molar-refractivity contribution < 1.29 is 27.6 Å². The van der Waals surface area contributed by atoms with Crippen LogP contribution in [-0.4, -0.2) is 38.2 Å². The lowest BCUT2D eigenvalue weighted by molar-refractivity contribution is -0.143. The fraction of sp³-hybridized carbons (Fsp3) is 0.500. The van der Waals surface area contributed by atoms with E-state index in [2.05, 4.69) is 10.1 Å². The molecule has 2 fully saturated rings. The second-order valence-electron chi connectivity index (χ2n) is 7.14. The Labute approximate surface area is 153 Å². The number of aliphatic carboxylic acids is 1. The van der Waals surface area contributed by atoms with E-state index in [0.717, 1.165) is 37.8 Å². The summed E-state index contributed by atoms with van der Waals surface area (Å²) >= 11 is 0. The van der Waals surface area contributed by atoms with Crippen LogP contribution in [-0.2, 0) is 11.3 Å². The van der Waals surface area contributed by atoms with Gasteiger partial charge in [-0.1, -0.05) is 18.0 Å². The molecule has 0 spiro atoms. The minimum absolute atomic E-state index is 0.0480. The van der Waals surface area contributed by atoms with Gasteiger partial charge in [0.25, 0.3) is 0 Å². The molecule has 1 saturated heterocycles. The molecule has 1 aliphatic heterocycles. The smallest absolute Gasteiger partial charge is 0.320 e. The van der Waals surface area contributed by atoms with Crippen LogP contribution < -0.4 is 0 Å². The SMILES string of the molecule is O=C(O)C1CC2CCCCC2N1Cc1nc(-c2cc(F)c(F)c(F)c2)no1. The zero-order valence-electron chi connectivity index (χ0n) is 14.4. The number of benzene rings is 1. The quantitative estimate of drug-likeness (QED) is 0.818. The number of hydrogen-bond acceptors (Lipinski definition) is 5. The van der Waals surface area contributed by atoms with E-state index in [4.69, 9.17) is 4.52 Å². The number of fused-ring (bicyclic) bond motifs is 1. The van der Waals surface area contributed by atoms with Crippen LogP contribution in [0.3, 0.4) is 0 Å². The highest BCUT2D eigenvalue weighted by molar-refractivity contribution is 5.74. The highest BCUT2D eigenvalue weighted by atomic mass is 19.2. The maximum absolute atomic E-state index is 13.4. The topological polar surface area (TPSA) is 79.5 Å². The normalized spacial score (nSPS) is 25.5. The van der Waals surface area contributed by atoms with Crippen LogP contribution in [0.15, 0.2) is 16.7 Å². The molecule has 0 bridgehead atoms. The zero-order valence-corrected chi connectivity index (χ0v) is 14.4. The Morgan fingerprint density at radius 2 is 1.93 bits per heavy atom. The molecule has 2 aliphatic rings. The van der Waals surface area contributed by atoms with Crippen LogP contribution >= 0.6 is 0 Å². The van der Waals surface area contributed by atoms with Crippen molar-refractivity contribution in [1.82, 2.24) is 15.0 Å². The number of aromatic nitrogens is 2. The van der Waals surface area contributed by atoms with Crippen LogP contribution in [0.1, 0.15) is 38.0 Å². The lowest BCUT2D eigenvalue weighted by Crippen LogP contribution is -2.41. The molecule has 3 atom stereocenters. The van der Waals surface area contributed by atoms with Crippen molar-refractivity contribution in [2.75, 3.05) is 0 Å². The number of halogens is 3. The van der Waals surface area contributed by atoms with Gasteiger partial charge in [0.05, 0.1) is 6.54 Å². The van der Waals surface area contributed by atoms with E-state index in [1.807, 2.05) is 4.90 Å². The molecular formula is C18H18F3N3O3. The summed E-state index contributed by atoms with van der Waals surface area (Å²) in [5.41, 5.74) is -0.0480. The first-order valence-corrected chi connectivity index (χ1v) is 8.90. The fourth-order valence-corrected chi connectivity index (χ4v) is 4.30. The highest BCUT2D eigenvalue weighted by Crippen LogP contribution is 2.40. The third-order valence-corrected chi connectivity index (χ3v) is 5.53. The first-order chi connectivity index (χ1) is 12.9. The molecule has 0 amide bonds. The van der Waals surface area contributed by atoms with Crippen LogP contribution in [0.4, 0.5) is 13.2 Å². The molecule has 6 nitrogen and oxygen atoms in total. The van der Waals surface area contributed by atoms with Gasteiger partial charge in [-0.15, -0.1) is 0 Å². The van der Waals surface area contributed by atoms with Gasteiger partial charge in [-0.25, -0.2) is 13.2 Å². The number of likely N-dealkylation sites (tertiary alicyclic amines) is 1. The molecular weight excluding hydrogens is 363 g/mol. The van der Waals surface area contributed by atoms with Crippen molar-refractivity contribution in [3.8, 4) is 11.4 Å². The van der Waals surface area contributed by atoms with Crippen LogP contribution in [0.25, 0.3) is 11.4 Å². The number of carboxylic acid groups (broad SMARTS) is 1. The monoisotopic (exact) mass is 381 g/mol. The summed E-state index contributed by atoms with van der Waals surface area (Å²) in [5, 5.41) is 13.3. The summed E-state index contributed by atoms with van der Waals surface area (Å²) in [7, 11) is 0. The number of hydrogen-bond donors (Lipinski definition) is 1. The first kappa shape index (κ1) is 18.0. The number of carboxylic acids is 1. The van der Waals surface area contributed by atoms with Gasteiger partial charge in [-0.05, 0) is 37.3 Å². The van der Waals surface area contributed by atoms with Gasteiger partial charge in [-0.2, -0.15) is 4.98 Å². The molecule has 0 radical (unpaired) electrons. The van der Waals surface area contributed by atoms with Crippen LogP contribution in [0.5, 0.6) is 0 Å². The molecule has 1 aliphatic carbocycles. The summed E-state index contributed by atoms with van der Waals surface area (Å²) in [6.07, 6.45) is 4.67. The van der Waals surface area contributed by atoms with E-state index in [1.165, 1.54) is 0 Å². The van der Waals surface area contributed by atoms with Gasteiger partial charge in [0.15, 0.2) is 17.5 Å². The molecule has 2 aromatic rings. The van der Waals surface area contributed by atoms with E-state index in [1.54, 1.807) is 0 Å². The Kier molecular flexibility index (Phi) is 4.63. The standard InChI is InChI=1S/C18H18F3N3O3/c19-11-5-10(6-12(20)16(11)21)17-22-15(27-23-17)8-24-13-4-2-1-3-9(13)7-14(24)18(25)26/h5-6,9,13-14H,1-4,7-8H2,(H,25,26). The highest BCUT2D eigenvalue weighted by Gasteiger charge is 2.45. The first-order valence-electron chi connectivity index (χ1n) is 8.90. The van der Waals surface area contributed by atoms with Gasteiger partial charge in [0, 0.05) is 11.6 Å². The third kappa shape index (κ3) is 3.31.